The lowest BCUT2D eigenvalue weighted by atomic mass is 9.74. The lowest BCUT2D eigenvalue weighted by molar-refractivity contribution is -0.121. The van der Waals surface area contributed by atoms with Crippen LogP contribution in [0.3, 0.4) is 0 Å². The highest BCUT2D eigenvalue weighted by molar-refractivity contribution is 5.99. The summed E-state index contributed by atoms with van der Waals surface area (Å²) in [7, 11) is 0. The van der Waals surface area contributed by atoms with Crippen molar-refractivity contribution in [2.75, 3.05) is 6.79 Å². The zero-order valence-corrected chi connectivity index (χ0v) is 10.9. The van der Waals surface area contributed by atoms with Gasteiger partial charge in [-0.15, -0.1) is 6.58 Å². The summed E-state index contributed by atoms with van der Waals surface area (Å²) in [5.74, 6) is 1.29. The van der Waals surface area contributed by atoms with Crippen LogP contribution in [-0.4, -0.2) is 12.6 Å². The van der Waals surface area contributed by atoms with Crippen molar-refractivity contribution in [2.24, 2.45) is 5.41 Å². The number of carbonyl (C=O) groups is 1. The van der Waals surface area contributed by atoms with E-state index in [9.17, 15) is 4.79 Å². The lowest BCUT2D eigenvalue weighted by Gasteiger charge is -2.28. The number of carbonyl (C=O) groups excluding carboxylic acids is 1. The highest BCUT2D eigenvalue weighted by Crippen LogP contribution is 2.40. The molecule has 0 amide bonds. The molecule has 0 radical (unpaired) electrons. The maximum Gasteiger partial charge on any atom is 0.231 e. The van der Waals surface area contributed by atoms with Crippen molar-refractivity contribution in [1.29, 1.82) is 0 Å². The van der Waals surface area contributed by atoms with E-state index < -0.39 is 5.41 Å². The Balaban J connectivity index is 2.35. The third kappa shape index (κ3) is 2.26. The zero-order valence-electron chi connectivity index (χ0n) is 10.9. The largest absolute Gasteiger partial charge is 0.454 e. The van der Waals surface area contributed by atoms with E-state index in [2.05, 4.69) is 12.7 Å². The van der Waals surface area contributed by atoms with Gasteiger partial charge < -0.3 is 9.47 Å². The van der Waals surface area contributed by atoms with E-state index in [-0.39, 0.29) is 12.6 Å². The second-order valence-corrected chi connectivity index (χ2v) is 4.92. The summed E-state index contributed by atoms with van der Waals surface area (Å²) in [5, 5.41) is 0. The Morgan fingerprint density at radius 2 is 2.11 bits per heavy atom. The molecule has 0 N–H and O–H groups in total. The third-order valence-electron chi connectivity index (χ3n) is 3.22. The Bertz CT molecular complexity index is 464. The summed E-state index contributed by atoms with van der Waals surface area (Å²) in [5.41, 5.74) is 0.633. The summed E-state index contributed by atoms with van der Waals surface area (Å²) in [6.07, 6.45) is 8.56. The van der Waals surface area contributed by atoms with Gasteiger partial charge >= 0.3 is 0 Å². The molecule has 3 nitrogen and oxygen atoms in total. The van der Waals surface area contributed by atoms with E-state index in [1.54, 1.807) is 12.2 Å². The Hall–Kier alpha value is -1.77. The summed E-state index contributed by atoms with van der Waals surface area (Å²) in [4.78, 5) is 12.3. The van der Waals surface area contributed by atoms with Crippen LogP contribution in [0.5, 0.6) is 0 Å². The van der Waals surface area contributed by atoms with Gasteiger partial charge in [0.15, 0.2) is 17.3 Å². The van der Waals surface area contributed by atoms with E-state index in [4.69, 9.17) is 9.47 Å². The summed E-state index contributed by atoms with van der Waals surface area (Å²) < 4.78 is 10.6. The first-order chi connectivity index (χ1) is 8.57. The Morgan fingerprint density at radius 1 is 1.39 bits per heavy atom. The molecule has 1 aliphatic carbocycles. The van der Waals surface area contributed by atoms with Crippen LogP contribution in [0.25, 0.3) is 0 Å². The van der Waals surface area contributed by atoms with Gasteiger partial charge in [0.1, 0.15) is 0 Å². The van der Waals surface area contributed by atoms with Crippen LogP contribution in [0.2, 0.25) is 0 Å². The van der Waals surface area contributed by atoms with E-state index in [0.29, 0.717) is 24.4 Å². The molecule has 1 heterocycles. The van der Waals surface area contributed by atoms with Crippen molar-refractivity contribution in [3.05, 3.63) is 48.0 Å². The van der Waals surface area contributed by atoms with Crippen molar-refractivity contribution in [1.82, 2.24) is 0 Å². The van der Waals surface area contributed by atoms with Gasteiger partial charge in [0, 0.05) is 6.08 Å². The number of ketones is 1. The fourth-order valence-corrected chi connectivity index (χ4v) is 2.16. The number of rotatable bonds is 4. The molecule has 0 saturated carbocycles. The van der Waals surface area contributed by atoms with Crippen LogP contribution in [0.1, 0.15) is 26.7 Å². The molecule has 3 heteroatoms. The normalized spacial score (nSPS) is 25.3. The van der Waals surface area contributed by atoms with E-state index in [0.717, 1.165) is 0 Å². The van der Waals surface area contributed by atoms with Gasteiger partial charge in [-0.05, 0) is 32.8 Å². The Morgan fingerprint density at radius 3 is 2.78 bits per heavy atom. The molecule has 1 unspecified atom stereocenters. The van der Waals surface area contributed by atoms with Gasteiger partial charge in [0.2, 0.25) is 6.79 Å². The minimum absolute atomic E-state index is 0.0594. The monoisotopic (exact) mass is 246 g/mol. The average molecular weight is 246 g/mol. The molecule has 0 aromatic carbocycles. The molecule has 2 rings (SSSR count). The van der Waals surface area contributed by atoms with Crippen LogP contribution < -0.4 is 0 Å². The molecule has 0 bridgehead atoms. The van der Waals surface area contributed by atoms with Crippen LogP contribution in [0.4, 0.5) is 0 Å². The smallest absolute Gasteiger partial charge is 0.231 e. The van der Waals surface area contributed by atoms with Crippen molar-refractivity contribution in [3.63, 3.8) is 0 Å². The van der Waals surface area contributed by atoms with Gasteiger partial charge in [0.05, 0.1) is 5.41 Å². The standard InChI is InChI=1S/C15H18O3/c1-4-6-15(7-5-11(2)3)9-13-12(8-14(15)16)17-10-18-13/h4-5,8-9H,1,6-7,10H2,2-3H3. The second-order valence-electron chi connectivity index (χ2n) is 4.92. The molecule has 1 fully saturated rings. The molecule has 1 saturated heterocycles. The fraction of sp³-hybridized carbons (Fsp3) is 0.400. The number of hydrogen-bond donors (Lipinski definition) is 0. The molecule has 0 aromatic heterocycles. The lowest BCUT2D eigenvalue weighted by Crippen LogP contribution is -2.30. The van der Waals surface area contributed by atoms with Crippen LogP contribution >= 0.6 is 0 Å². The predicted molar refractivity (Wildman–Crippen MR) is 69.5 cm³/mol. The van der Waals surface area contributed by atoms with Crippen LogP contribution in [0.15, 0.2) is 48.0 Å². The number of ether oxygens (including phenoxy) is 2. The number of allylic oxidation sites excluding steroid dienone is 5. The number of fused-ring (bicyclic) bond motifs is 1. The topological polar surface area (TPSA) is 35.5 Å². The van der Waals surface area contributed by atoms with Crippen molar-refractivity contribution in [2.45, 2.75) is 26.7 Å². The van der Waals surface area contributed by atoms with Gasteiger partial charge in [-0.2, -0.15) is 0 Å². The van der Waals surface area contributed by atoms with Crippen LogP contribution in [0, 0.1) is 5.41 Å². The zero-order chi connectivity index (χ0) is 13.2. The molecule has 1 atom stereocenters. The molecule has 2 aliphatic rings. The quantitative estimate of drug-likeness (QED) is 0.714. The highest BCUT2D eigenvalue weighted by Gasteiger charge is 2.39. The molecular formula is C15H18O3. The van der Waals surface area contributed by atoms with Gasteiger partial charge in [-0.1, -0.05) is 17.7 Å². The second kappa shape index (κ2) is 4.84. The molecule has 0 aromatic rings. The minimum atomic E-state index is -0.564. The van der Waals surface area contributed by atoms with Crippen molar-refractivity contribution >= 4 is 5.78 Å². The molecule has 1 aliphatic heterocycles. The molecular weight excluding hydrogens is 228 g/mol. The third-order valence-corrected chi connectivity index (χ3v) is 3.22. The van der Waals surface area contributed by atoms with Gasteiger partial charge in [0.25, 0.3) is 0 Å². The minimum Gasteiger partial charge on any atom is -0.454 e. The molecule has 0 spiro atoms. The van der Waals surface area contributed by atoms with Crippen LogP contribution in [-0.2, 0) is 14.3 Å². The van der Waals surface area contributed by atoms with Gasteiger partial charge in [-0.3, -0.25) is 4.79 Å². The van der Waals surface area contributed by atoms with Crippen molar-refractivity contribution < 1.29 is 14.3 Å². The van der Waals surface area contributed by atoms with Gasteiger partial charge in [-0.25, -0.2) is 0 Å². The summed E-state index contributed by atoms with van der Waals surface area (Å²) >= 11 is 0. The Labute approximate surface area is 107 Å². The van der Waals surface area contributed by atoms with Crippen molar-refractivity contribution in [3.8, 4) is 0 Å². The SMILES string of the molecule is C=CCC1(CC=C(C)C)C=C2OCOC2=CC1=O. The first-order valence-corrected chi connectivity index (χ1v) is 6.06. The van der Waals surface area contributed by atoms with E-state index in [1.807, 2.05) is 19.9 Å². The maximum atomic E-state index is 12.3. The maximum absolute atomic E-state index is 12.3. The average Bonchev–Trinajstić information content (AvgIpc) is 2.74. The summed E-state index contributed by atoms with van der Waals surface area (Å²) in [6, 6.07) is 0. The molecule has 96 valence electrons. The first-order valence-electron chi connectivity index (χ1n) is 6.06. The Kier molecular flexibility index (Phi) is 3.41. The van der Waals surface area contributed by atoms with E-state index in [1.165, 1.54) is 5.57 Å². The first kappa shape index (κ1) is 12.7. The predicted octanol–water partition coefficient (Wildman–Crippen LogP) is 3.26. The summed E-state index contributed by atoms with van der Waals surface area (Å²) in [6.45, 7) is 8.00. The highest BCUT2D eigenvalue weighted by atomic mass is 16.7. The fourth-order valence-electron chi connectivity index (χ4n) is 2.16. The molecule has 18 heavy (non-hydrogen) atoms. The number of hydrogen-bond acceptors (Lipinski definition) is 3. The van der Waals surface area contributed by atoms with E-state index >= 15 is 0 Å².